The summed E-state index contributed by atoms with van der Waals surface area (Å²) in [4.78, 5) is 33.6. The summed E-state index contributed by atoms with van der Waals surface area (Å²) in [5.41, 5.74) is 7.39. The molecule has 204 valence electrons. The number of piperidine rings is 1. The van der Waals surface area contributed by atoms with E-state index in [9.17, 15) is 4.79 Å². The van der Waals surface area contributed by atoms with Crippen molar-refractivity contribution < 1.29 is 14.3 Å². The number of morpholine rings is 2. The molecule has 3 aromatic rings. The average molecular weight is 523 g/mol. The average Bonchev–Trinajstić information content (AvgIpc) is 3.48. The summed E-state index contributed by atoms with van der Waals surface area (Å²) >= 11 is 0. The molecule has 0 aromatic carbocycles. The summed E-state index contributed by atoms with van der Waals surface area (Å²) in [6, 6.07) is 0.518. The quantitative estimate of drug-likeness (QED) is 0.555. The van der Waals surface area contributed by atoms with E-state index in [2.05, 4.69) is 33.7 Å². The zero-order valence-corrected chi connectivity index (χ0v) is 22.9. The van der Waals surface area contributed by atoms with Gasteiger partial charge in [-0.2, -0.15) is 5.10 Å². The molecule has 3 aromatic heterocycles. The number of rotatable bonds is 4. The number of aryl methyl sites for hydroxylation is 2. The van der Waals surface area contributed by atoms with Crippen molar-refractivity contribution in [2.75, 3.05) is 70.6 Å². The smallest absolute Gasteiger partial charge is 0.289 e. The van der Waals surface area contributed by atoms with Gasteiger partial charge in [0.2, 0.25) is 0 Å². The van der Waals surface area contributed by atoms with E-state index in [1.807, 2.05) is 23.6 Å². The lowest BCUT2D eigenvalue weighted by atomic mass is 10.0. The molecule has 3 fully saturated rings. The highest BCUT2D eigenvalue weighted by Gasteiger charge is 2.31. The van der Waals surface area contributed by atoms with Crippen LogP contribution in [0, 0.1) is 20.8 Å². The molecule has 3 aliphatic heterocycles. The standard InChI is InChI=1S/C27H38N8O3/c1-17-22(21-18(2)31-32(4)19(21)3)28-25-23(24(17)34-11-15-38-16-12-34)29-26(30-25)27(36)35-7-5-20(6-8-35)33-9-13-37-14-10-33/h20H,5-16H2,1-4H3,(H,28,29,30). The Morgan fingerprint density at radius 1 is 0.921 bits per heavy atom. The number of carbonyl (C=O) groups excluding carboxylic acids is 1. The zero-order chi connectivity index (χ0) is 26.4. The van der Waals surface area contributed by atoms with Crippen molar-refractivity contribution in [1.29, 1.82) is 0 Å². The number of H-pyrrole nitrogens is 1. The van der Waals surface area contributed by atoms with Gasteiger partial charge >= 0.3 is 0 Å². The van der Waals surface area contributed by atoms with Crippen LogP contribution in [0.1, 0.15) is 40.4 Å². The summed E-state index contributed by atoms with van der Waals surface area (Å²) in [6.45, 7) is 14.1. The molecule has 3 aliphatic rings. The number of nitrogens with one attached hydrogen (secondary N) is 1. The number of aromatic nitrogens is 5. The topological polar surface area (TPSA) is 105 Å². The lowest BCUT2D eigenvalue weighted by molar-refractivity contribution is 0.00147. The van der Waals surface area contributed by atoms with Gasteiger partial charge in [0.15, 0.2) is 11.5 Å². The molecule has 6 rings (SSSR count). The number of fused-ring (bicyclic) bond motifs is 1. The molecular weight excluding hydrogens is 484 g/mol. The number of imidazole rings is 1. The molecule has 11 nitrogen and oxygen atoms in total. The minimum Gasteiger partial charge on any atom is -0.379 e. The van der Waals surface area contributed by atoms with Crippen LogP contribution in [0.25, 0.3) is 22.4 Å². The Kier molecular flexibility index (Phi) is 6.83. The summed E-state index contributed by atoms with van der Waals surface area (Å²) in [7, 11) is 1.95. The second-order valence-electron chi connectivity index (χ2n) is 10.7. The predicted molar refractivity (Wildman–Crippen MR) is 145 cm³/mol. The normalized spacial score (nSPS) is 20.0. The van der Waals surface area contributed by atoms with E-state index < -0.39 is 0 Å². The number of ether oxygens (including phenoxy) is 2. The van der Waals surface area contributed by atoms with E-state index in [0.717, 1.165) is 105 Å². The Morgan fingerprint density at radius 2 is 1.58 bits per heavy atom. The van der Waals surface area contributed by atoms with Crippen molar-refractivity contribution in [2.24, 2.45) is 7.05 Å². The molecule has 0 aliphatic carbocycles. The van der Waals surface area contributed by atoms with Crippen LogP contribution in [0.5, 0.6) is 0 Å². The van der Waals surface area contributed by atoms with Crippen molar-refractivity contribution in [2.45, 2.75) is 39.7 Å². The number of hydrogen-bond donors (Lipinski definition) is 1. The molecule has 11 heteroatoms. The molecule has 1 amide bonds. The van der Waals surface area contributed by atoms with E-state index in [-0.39, 0.29) is 5.91 Å². The van der Waals surface area contributed by atoms with Crippen LogP contribution in [-0.2, 0) is 16.5 Å². The van der Waals surface area contributed by atoms with Gasteiger partial charge in [-0.15, -0.1) is 0 Å². The highest BCUT2D eigenvalue weighted by Crippen LogP contribution is 2.37. The number of anilines is 1. The molecule has 0 unspecified atom stereocenters. The Bertz CT molecular complexity index is 1330. The Balaban J connectivity index is 1.34. The van der Waals surface area contributed by atoms with Gasteiger partial charge in [-0.25, -0.2) is 9.97 Å². The Morgan fingerprint density at radius 3 is 2.21 bits per heavy atom. The summed E-state index contributed by atoms with van der Waals surface area (Å²) in [6.07, 6.45) is 1.96. The van der Waals surface area contributed by atoms with Gasteiger partial charge in [0, 0.05) is 69.2 Å². The Labute approximate surface area is 223 Å². The Hall–Kier alpha value is -3.02. The fourth-order valence-electron chi connectivity index (χ4n) is 6.27. The van der Waals surface area contributed by atoms with Gasteiger partial charge in [-0.1, -0.05) is 0 Å². The highest BCUT2D eigenvalue weighted by atomic mass is 16.5. The molecule has 0 atom stereocenters. The number of aromatic amines is 1. The van der Waals surface area contributed by atoms with Gasteiger partial charge < -0.3 is 24.3 Å². The highest BCUT2D eigenvalue weighted by molar-refractivity contribution is 5.99. The van der Waals surface area contributed by atoms with Crippen molar-refractivity contribution >= 4 is 22.8 Å². The minimum absolute atomic E-state index is 0.0516. The van der Waals surface area contributed by atoms with Gasteiger partial charge in [0.1, 0.15) is 5.52 Å². The van der Waals surface area contributed by atoms with Crippen LogP contribution in [0.4, 0.5) is 5.69 Å². The number of hydrogen-bond acceptors (Lipinski definition) is 8. The second kappa shape index (κ2) is 10.3. The fourth-order valence-corrected chi connectivity index (χ4v) is 6.27. The summed E-state index contributed by atoms with van der Waals surface area (Å²) in [5, 5.41) is 4.63. The van der Waals surface area contributed by atoms with Gasteiger partial charge in [0.25, 0.3) is 5.91 Å². The molecule has 0 radical (unpaired) electrons. The first-order valence-corrected chi connectivity index (χ1v) is 13.8. The van der Waals surface area contributed by atoms with Crippen LogP contribution in [-0.4, -0.2) is 112 Å². The van der Waals surface area contributed by atoms with Crippen LogP contribution in [0.2, 0.25) is 0 Å². The largest absolute Gasteiger partial charge is 0.379 e. The molecule has 6 heterocycles. The van der Waals surface area contributed by atoms with E-state index >= 15 is 0 Å². The van der Waals surface area contributed by atoms with Gasteiger partial charge in [-0.3, -0.25) is 14.4 Å². The van der Waals surface area contributed by atoms with Crippen LogP contribution < -0.4 is 4.90 Å². The van der Waals surface area contributed by atoms with E-state index in [1.165, 1.54) is 0 Å². The number of amides is 1. The first kappa shape index (κ1) is 25.3. The lowest BCUT2D eigenvalue weighted by Gasteiger charge is -2.39. The molecule has 0 spiro atoms. The number of nitrogens with zero attached hydrogens (tertiary/aromatic N) is 7. The van der Waals surface area contributed by atoms with Crippen LogP contribution >= 0.6 is 0 Å². The first-order valence-electron chi connectivity index (χ1n) is 13.8. The van der Waals surface area contributed by atoms with E-state index in [0.29, 0.717) is 30.7 Å². The maximum atomic E-state index is 13.6. The molecule has 0 bridgehead atoms. The first-order chi connectivity index (χ1) is 18.4. The van der Waals surface area contributed by atoms with Crippen molar-refractivity contribution in [1.82, 2.24) is 34.5 Å². The third-order valence-corrected chi connectivity index (χ3v) is 8.44. The molecule has 1 N–H and O–H groups in total. The van der Waals surface area contributed by atoms with Crippen LogP contribution in [0.3, 0.4) is 0 Å². The predicted octanol–water partition coefficient (Wildman–Crippen LogP) is 2.06. The molecule has 38 heavy (non-hydrogen) atoms. The SMILES string of the molecule is Cc1nn(C)c(C)c1-c1nc2nc(C(=O)N3CCC(N4CCOCC4)CC3)[nH]c2c(N2CCOCC2)c1C. The van der Waals surface area contributed by atoms with Crippen molar-refractivity contribution in [3.8, 4) is 11.3 Å². The van der Waals surface area contributed by atoms with E-state index in [4.69, 9.17) is 19.4 Å². The maximum absolute atomic E-state index is 13.6. The monoisotopic (exact) mass is 522 g/mol. The minimum atomic E-state index is -0.0516. The van der Waals surface area contributed by atoms with Crippen molar-refractivity contribution in [3.05, 3.63) is 22.8 Å². The second-order valence-corrected chi connectivity index (χ2v) is 10.7. The number of carbonyl (C=O) groups is 1. The molecular formula is C27H38N8O3. The lowest BCUT2D eigenvalue weighted by Crippen LogP contribution is -2.50. The van der Waals surface area contributed by atoms with Crippen molar-refractivity contribution in [3.63, 3.8) is 0 Å². The summed E-state index contributed by atoms with van der Waals surface area (Å²) in [5.74, 6) is 0.312. The fraction of sp³-hybridized carbons (Fsp3) is 0.630. The molecule has 0 saturated carbocycles. The number of likely N-dealkylation sites (tertiary alicyclic amines) is 1. The third kappa shape index (κ3) is 4.46. The zero-order valence-electron chi connectivity index (χ0n) is 22.9. The van der Waals surface area contributed by atoms with E-state index in [1.54, 1.807) is 0 Å². The maximum Gasteiger partial charge on any atom is 0.289 e. The third-order valence-electron chi connectivity index (χ3n) is 8.44. The van der Waals surface area contributed by atoms with Gasteiger partial charge in [-0.05, 0) is 33.6 Å². The van der Waals surface area contributed by atoms with Gasteiger partial charge in [0.05, 0.1) is 43.5 Å². The molecule has 3 saturated heterocycles. The van der Waals surface area contributed by atoms with Crippen LogP contribution in [0.15, 0.2) is 0 Å². The summed E-state index contributed by atoms with van der Waals surface area (Å²) < 4.78 is 13.0. The number of pyridine rings is 1.